The van der Waals surface area contributed by atoms with Crippen LogP contribution in [-0.2, 0) is 14.3 Å². The van der Waals surface area contributed by atoms with Crippen LogP contribution in [0.25, 0.3) is 0 Å². The summed E-state index contributed by atoms with van der Waals surface area (Å²) in [7, 11) is 0. The first-order valence-electron chi connectivity index (χ1n) is 6.81. The molecule has 0 aromatic heterocycles. The molecule has 0 rings (SSSR count). The van der Waals surface area contributed by atoms with E-state index in [4.69, 9.17) is 16.3 Å². The minimum atomic E-state index is -0.646. The highest BCUT2D eigenvalue weighted by Crippen LogP contribution is 2.05. The van der Waals surface area contributed by atoms with Gasteiger partial charge in [-0.15, -0.1) is 11.6 Å². The maximum atomic E-state index is 11.4. The molecule has 122 valence electrons. The van der Waals surface area contributed by atoms with E-state index in [9.17, 15) is 14.4 Å². The fourth-order valence-electron chi connectivity index (χ4n) is 1.25. The van der Waals surface area contributed by atoms with E-state index < -0.39 is 11.7 Å². The minimum Gasteiger partial charge on any atom is -0.444 e. The average molecular weight is 322 g/mol. The van der Waals surface area contributed by atoms with Gasteiger partial charge in [-0.1, -0.05) is 0 Å². The van der Waals surface area contributed by atoms with Crippen LogP contribution < -0.4 is 16.0 Å². The molecule has 0 unspecified atom stereocenters. The normalized spacial score (nSPS) is 10.7. The Morgan fingerprint density at radius 1 is 1.00 bits per heavy atom. The van der Waals surface area contributed by atoms with E-state index in [0.29, 0.717) is 31.8 Å². The predicted molar refractivity (Wildman–Crippen MR) is 80.2 cm³/mol. The van der Waals surface area contributed by atoms with Crippen molar-refractivity contribution in [2.75, 3.05) is 25.5 Å². The molecule has 0 aliphatic rings. The van der Waals surface area contributed by atoms with E-state index >= 15 is 0 Å². The first-order valence-corrected chi connectivity index (χ1v) is 7.34. The van der Waals surface area contributed by atoms with Gasteiger partial charge in [0, 0.05) is 25.4 Å². The summed E-state index contributed by atoms with van der Waals surface area (Å²) < 4.78 is 4.98. The molecule has 0 heterocycles. The second-order valence-electron chi connectivity index (χ2n) is 5.35. The fourth-order valence-corrected chi connectivity index (χ4v) is 1.38. The van der Waals surface area contributed by atoms with Gasteiger partial charge in [0.05, 0.1) is 6.54 Å². The second-order valence-corrected chi connectivity index (χ2v) is 5.73. The molecule has 8 heteroatoms. The third kappa shape index (κ3) is 13.2. The van der Waals surface area contributed by atoms with Crippen LogP contribution in [0.4, 0.5) is 4.79 Å². The van der Waals surface area contributed by atoms with E-state index in [1.54, 1.807) is 20.8 Å². The molecule has 3 amide bonds. The molecule has 0 saturated heterocycles. The lowest BCUT2D eigenvalue weighted by Gasteiger charge is -2.19. The van der Waals surface area contributed by atoms with Gasteiger partial charge in [0.15, 0.2) is 0 Å². The number of hydrogen-bond donors (Lipinski definition) is 3. The molecule has 0 aromatic carbocycles. The number of carbonyl (C=O) groups is 3. The molecule has 0 aliphatic heterocycles. The van der Waals surface area contributed by atoms with Crippen molar-refractivity contribution in [1.29, 1.82) is 0 Å². The zero-order chi connectivity index (χ0) is 16.3. The van der Waals surface area contributed by atoms with Crippen molar-refractivity contribution in [3.05, 3.63) is 0 Å². The zero-order valence-electron chi connectivity index (χ0n) is 12.8. The zero-order valence-corrected chi connectivity index (χ0v) is 13.5. The quantitative estimate of drug-likeness (QED) is 0.454. The lowest BCUT2D eigenvalue weighted by atomic mass is 10.2. The third-order valence-electron chi connectivity index (χ3n) is 2.10. The van der Waals surface area contributed by atoms with Gasteiger partial charge in [0.1, 0.15) is 5.60 Å². The molecule has 7 nitrogen and oxygen atoms in total. The number of hydrogen-bond acceptors (Lipinski definition) is 4. The topological polar surface area (TPSA) is 96.5 Å². The Balaban J connectivity index is 3.63. The van der Waals surface area contributed by atoms with Gasteiger partial charge in [-0.05, 0) is 27.2 Å². The molecule has 0 atom stereocenters. The molecule has 21 heavy (non-hydrogen) atoms. The molecular weight excluding hydrogens is 298 g/mol. The van der Waals surface area contributed by atoms with Crippen molar-refractivity contribution in [1.82, 2.24) is 16.0 Å². The average Bonchev–Trinajstić information content (AvgIpc) is 2.37. The largest absolute Gasteiger partial charge is 0.444 e. The Morgan fingerprint density at radius 2 is 1.57 bits per heavy atom. The van der Waals surface area contributed by atoms with Crippen LogP contribution >= 0.6 is 11.6 Å². The summed E-state index contributed by atoms with van der Waals surface area (Å²) in [6.07, 6.45) is 0.351. The molecule has 3 N–H and O–H groups in total. The summed E-state index contributed by atoms with van der Waals surface area (Å²) in [6, 6.07) is 0. The van der Waals surface area contributed by atoms with Crippen molar-refractivity contribution < 1.29 is 19.1 Å². The summed E-state index contributed by atoms with van der Waals surface area (Å²) in [5, 5.41) is 7.55. The Hall–Kier alpha value is -1.50. The van der Waals surface area contributed by atoms with Gasteiger partial charge in [-0.25, -0.2) is 4.79 Å². The lowest BCUT2D eigenvalue weighted by molar-refractivity contribution is -0.122. The van der Waals surface area contributed by atoms with Crippen LogP contribution in [0.3, 0.4) is 0 Å². The van der Waals surface area contributed by atoms with Crippen LogP contribution in [0.1, 0.15) is 33.6 Å². The van der Waals surface area contributed by atoms with Gasteiger partial charge in [0.25, 0.3) is 0 Å². The molecular formula is C13H24ClN3O4. The van der Waals surface area contributed by atoms with Gasteiger partial charge < -0.3 is 20.7 Å². The van der Waals surface area contributed by atoms with E-state index in [2.05, 4.69) is 16.0 Å². The summed E-state index contributed by atoms with van der Waals surface area (Å²) in [5.41, 5.74) is -0.603. The number of amides is 3. The first-order chi connectivity index (χ1) is 9.74. The van der Waals surface area contributed by atoms with Crippen molar-refractivity contribution in [3.8, 4) is 0 Å². The number of carbonyl (C=O) groups excluding carboxylic acids is 3. The number of halogens is 1. The maximum Gasteiger partial charge on any atom is 0.408 e. The molecule has 0 aromatic rings. The highest BCUT2D eigenvalue weighted by molar-refractivity contribution is 6.17. The standard InChI is InChI=1S/C13H24ClN3O4/c1-13(2,3)21-12(20)17-9-11(19)16-8-7-15-10(18)5-4-6-14/h4-9H2,1-3H3,(H,15,18)(H,16,19)(H,17,20). The van der Waals surface area contributed by atoms with Crippen molar-refractivity contribution in [2.45, 2.75) is 39.2 Å². The maximum absolute atomic E-state index is 11.4. The molecule has 0 radical (unpaired) electrons. The Morgan fingerprint density at radius 3 is 2.10 bits per heavy atom. The van der Waals surface area contributed by atoms with Crippen LogP contribution in [0.5, 0.6) is 0 Å². The van der Waals surface area contributed by atoms with E-state index in [1.165, 1.54) is 0 Å². The summed E-state index contributed by atoms with van der Waals surface area (Å²) in [5.74, 6) is -0.00632. The van der Waals surface area contributed by atoms with Crippen LogP contribution in [-0.4, -0.2) is 49.0 Å². The monoisotopic (exact) mass is 321 g/mol. The van der Waals surface area contributed by atoms with E-state index in [-0.39, 0.29) is 18.4 Å². The summed E-state index contributed by atoms with van der Waals surface area (Å²) >= 11 is 5.47. The van der Waals surface area contributed by atoms with E-state index in [1.807, 2.05) is 0 Å². The van der Waals surface area contributed by atoms with Crippen LogP contribution in [0, 0.1) is 0 Å². The summed E-state index contributed by atoms with van der Waals surface area (Å²) in [6.45, 7) is 5.66. The van der Waals surface area contributed by atoms with Crippen molar-refractivity contribution >= 4 is 29.5 Å². The number of rotatable bonds is 8. The van der Waals surface area contributed by atoms with Crippen molar-refractivity contribution in [2.24, 2.45) is 0 Å². The molecule has 0 fully saturated rings. The Bertz CT molecular complexity index is 356. The Labute approximate surface area is 130 Å². The smallest absolute Gasteiger partial charge is 0.408 e. The number of alkyl halides is 1. The Kier molecular flexibility index (Phi) is 9.53. The lowest BCUT2D eigenvalue weighted by Crippen LogP contribution is -2.41. The number of ether oxygens (including phenoxy) is 1. The van der Waals surface area contributed by atoms with Crippen LogP contribution in [0.15, 0.2) is 0 Å². The number of alkyl carbamates (subject to hydrolysis) is 1. The molecule has 0 saturated carbocycles. The predicted octanol–water partition coefficient (Wildman–Crippen LogP) is 0.763. The highest BCUT2D eigenvalue weighted by Gasteiger charge is 2.16. The SMILES string of the molecule is CC(C)(C)OC(=O)NCC(=O)NCCNC(=O)CCCCl. The van der Waals surface area contributed by atoms with Gasteiger partial charge >= 0.3 is 6.09 Å². The summed E-state index contributed by atoms with van der Waals surface area (Å²) in [4.78, 5) is 34.0. The van der Waals surface area contributed by atoms with E-state index in [0.717, 1.165) is 0 Å². The van der Waals surface area contributed by atoms with Crippen LogP contribution in [0.2, 0.25) is 0 Å². The van der Waals surface area contributed by atoms with Gasteiger partial charge in [0.2, 0.25) is 11.8 Å². The third-order valence-corrected chi connectivity index (χ3v) is 2.37. The van der Waals surface area contributed by atoms with Crippen molar-refractivity contribution in [3.63, 3.8) is 0 Å². The first kappa shape index (κ1) is 19.5. The number of nitrogens with one attached hydrogen (secondary N) is 3. The van der Waals surface area contributed by atoms with Gasteiger partial charge in [-0.3, -0.25) is 9.59 Å². The van der Waals surface area contributed by atoms with Gasteiger partial charge in [-0.2, -0.15) is 0 Å². The minimum absolute atomic E-state index is 0.100. The highest BCUT2D eigenvalue weighted by atomic mass is 35.5. The fraction of sp³-hybridized carbons (Fsp3) is 0.769. The molecule has 0 bridgehead atoms. The second kappa shape index (κ2) is 10.3. The molecule has 0 spiro atoms. The molecule has 0 aliphatic carbocycles.